The second-order valence-corrected chi connectivity index (χ2v) is 7.11. The van der Waals surface area contributed by atoms with E-state index in [4.69, 9.17) is 0 Å². The fourth-order valence-corrected chi connectivity index (χ4v) is 3.38. The molecule has 0 saturated carbocycles. The van der Waals surface area contributed by atoms with Crippen LogP contribution in [0, 0.1) is 0 Å². The number of para-hydroxylation sites is 1. The van der Waals surface area contributed by atoms with E-state index in [2.05, 4.69) is 15.2 Å². The molecule has 0 atom stereocenters. The van der Waals surface area contributed by atoms with Gasteiger partial charge < -0.3 is 10.1 Å². The molecule has 0 spiro atoms. The van der Waals surface area contributed by atoms with Crippen molar-refractivity contribution in [3.8, 4) is 17.0 Å². The van der Waals surface area contributed by atoms with Crippen molar-refractivity contribution in [2.45, 2.75) is 19.7 Å². The number of halogens is 2. The normalized spacial score (nSPS) is 10.8. The molecule has 0 aliphatic carbocycles. The van der Waals surface area contributed by atoms with Gasteiger partial charge in [0.05, 0.1) is 12.1 Å². The zero-order chi connectivity index (χ0) is 22.3. The topological polar surface area (TPSA) is 56.1 Å². The Hall–Kier alpha value is -4.00. The molecule has 1 heterocycles. The van der Waals surface area contributed by atoms with Gasteiger partial charge in [-0.05, 0) is 11.6 Å². The van der Waals surface area contributed by atoms with Crippen LogP contribution in [0.15, 0.2) is 91.1 Å². The van der Waals surface area contributed by atoms with Gasteiger partial charge in [0.1, 0.15) is 11.4 Å². The second kappa shape index (κ2) is 9.87. The van der Waals surface area contributed by atoms with E-state index in [1.165, 1.54) is 6.07 Å². The predicted octanol–water partition coefficient (Wildman–Crippen LogP) is 5.13. The standard InChI is InChI=1S/C25H21F2N3O2/c26-25(27)32-22-14-8-7-13-20(22)15-28-24(31)21-17-30(16-18-9-3-1-4-10-18)29-23(21)19-11-5-2-6-12-19/h1-14,17,25H,15-16H2,(H,28,31). The van der Waals surface area contributed by atoms with Crippen molar-refractivity contribution in [3.63, 3.8) is 0 Å². The third kappa shape index (κ3) is 5.18. The van der Waals surface area contributed by atoms with Crippen molar-refractivity contribution >= 4 is 5.91 Å². The number of hydrogen-bond acceptors (Lipinski definition) is 3. The Morgan fingerprint density at radius 2 is 1.59 bits per heavy atom. The van der Waals surface area contributed by atoms with Crippen molar-refractivity contribution in [1.82, 2.24) is 15.1 Å². The Kier molecular flexibility index (Phi) is 6.55. The summed E-state index contributed by atoms with van der Waals surface area (Å²) >= 11 is 0. The van der Waals surface area contributed by atoms with Crippen LogP contribution in [-0.2, 0) is 13.1 Å². The Morgan fingerprint density at radius 3 is 2.31 bits per heavy atom. The highest BCUT2D eigenvalue weighted by Gasteiger charge is 2.19. The van der Waals surface area contributed by atoms with Crippen LogP contribution in [0.4, 0.5) is 8.78 Å². The number of carbonyl (C=O) groups excluding carboxylic acids is 1. The lowest BCUT2D eigenvalue weighted by atomic mass is 10.1. The van der Waals surface area contributed by atoms with Crippen molar-refractivity contribution in [3.05, 3.63) is 108 Å². The summed E-state index contributed by atoms with van der Waals surface area (Å²) in [4.78, 5) is 13.1. The summed E-state index contributed by atoms with van der Waals surface area (Å²) in [6.45, 7) is -2.38. The fraction of sp³-hybridized carbons (Fsp3) is 0.120. The van der Waals surface area contributed by atoms with Crippen LogP contribution in [0.25, 0.3) is 11.3 Å². The molecule has 4 aromatic rings. The van der Waals surface area contributed by atoms with Crippen molar-refractivity contribution in [1.29, 1.82) is 0 Å². The number of alkyl halides is 2. The van der Waals surface area contributed by atoms with Gasteiger partial charge in [-0.2, -0.15) is 13.9 Å². The quantitative estimate of drug-likeness (QED) is 0.419. The summed E-state index contributed by atoms with van der Waals surface area (Å²) < 4.78 is 31.6. The molecule has 3 aromatic carbocycles. The van der Waals surface area contributed by atoms with E-state index in [0.717, 1.165) is 11.1 Å². The molecule has 1 amide bonds. The van der Waals surface area contributed by atoms with E-state index >= 15 is 0 Å². The van der Waals surface area contributed by atoms with Gasteiger partial charge >= 0.3 is 6.61 Å². The number of rotatable bonds is 8. The van der Waals surface area contributed by atoms with Gasteiger partial charge in [-0.1, -0.05) is 78.9 Å². The molecular formula is C25H21F2N3O2. The number of aromatic nitrogens is 2. The zero-order valence-corrected chi connectivity index (χ0v) is 17.1. The number of nitrogens with zero attached hydrogens (tertiary/aromatic N) is 2. The predicted molar refractivity (Wildman–Crippen MR) is 117 cm³/mol. The minimum absolute atomic E-state index is 0.0332. The molecule has 1 N–H and O–H groups in total. The van der Waals surface area contributed by atoms with Crippen LogP contribution in [0.2, 0.25) is 0 Å². The van der Waals surface area contributed by atoms with Crippen LogP contribution in [0.5, 0.6) is 5.75 Å². The van der Waals surface area contributed by atoms with Crippen LogP contribution >= 0.6 is 0 Å². The molecule has 1 aromatic heterocycles. The Balaban J connectivity index is 1.58. The first-order valence-corrected chi connectivity index (χ1v) is 10.1. The highest BCUT2D eigenvalue weighted by molar-refractivity contribution is 5.99. The molecule has 0 unspecified atom stereocenters. The maximum absolute atomic E-state index is 13.1. The fourth-order valence-electron chi connectivity index (χ4n) is 3.38. The Morgan fingerprint density at radius 1 is 0.938 bits per heavy atom. The summed E-state index contributed by atoms with van der Waals surface area (Å²) in [6.07, 6.45) is 1.70. The highest BCUT2D eigenvalue weighted by atomic mass is 19.3. The van der Waals surface area contributed by atoms with Crippen molar-refractivity contribution < 1.29 is 18.3 Å². The number of carbonyl (C=O) groups is 1. The average Bonchev–Trinajstić information content (AvgIpc) is 3.23. The first-order valence-electron chi connectivity index (χ1n) is 10.1. The zero-order valence-electron chi connectivity index (χ0n) is 17.1. The van der Waals surface area contributed by atoms with E-state index in [-0.39, 0.29) is 18.2 Å². The van der Waals surface area contributed by atoms with Gasteiger partial charge in [-0.3, -0.25) is 9.48 Å². The maximum atomic E-state index is 13.1. The second-order valence-electron chi connectivity index (χ2n) is 7.11. The number of nitrogens with one attached hydrogen (secondary N) is 1. The van der Waals surface area contributed by atoms with Gasteiger partial charge in [0, 0.05) is 23.9 Å². The molecule has 4 rings (SSSR count). The smallest absolute Gasteiger partial charge is 0.387 e. The molecule has 7 heteroatoms. The third-order valence-corrected chi connectivity index (χ3v) is 4.87. The molecule has 0 aliphatic heterocycles. The number of amides is 1. The lowest BCUT2D eigenvalue weighted by Gasteiger charge is -2.11. The summed E-state index contributed by atoms with van der Waals surface area (Å²) in [6, 6.07) is 25.6. The van der Waals surface area contributed by atoms with E-state index < -0.39 is 6.61 Å². The van der Waals surface area contributed by atoms with Gasteiger partial charge in [-0.15, -0.1) is 0 Å². The van der Waals surface area contributed by atoms with Gasteiger partial charge in [0.15, 0.2) is 0 Å². The molecule has 0 bridgehead atoms. The van der Waals surface area contributed by atoms with Crippen LogP contribution < -0.4 is 10.1 Å². The summed E-state index contributed by atoms with van der Waals surface area (Å²) in [5.41, 5.74) is 3.28. The molecule has 32 heavy (non-hydrogen) atoms. The van der Waals surface area contributed by atoms with Crippen LogP contribution in [0.3, 0.4) is 0 Å². The minimum Gasteiger partial charge on any atom is -0.434 e. The molecule has 0 aliphatic rings. The maximum Gasteiger partial charge on any atom is 0.387 e. The summed E-state index contributed by atoms with van der Waals surface area (Å²) in [7, 11) is 0. The molecule has 162 valence electrons. The van der Waals surface area contributed by atoms with Crippen molar-refractivity contribution in [2.75, 3.05) is 0 Å². The minimum atomic E-state index is -2.94. The largest absolute Gasteiger partial charge is 0.434 e. The Labute approximate surface area is 184 Å². The number of benzene rings is 3. The van der Waals surface area contributed by atoms with E-state index in [1.807, 2.05) is 60.7 Å². The first kappa shape index (κ1) is 21.2. The van der Waals surface area contributed by atoms with E-state index in [1.54, 1.807) is 29.1 Å². The number of ether oxygens (including phenoxy) is 1. The number of hydrogen-bond donors (Lipinski definition) is 1. The van der Waals surface area contributed by atoms with Gasteiger partial charge in [0.2, 0.25) is 0 Å². The van der Waals surface area contributed by atoms with E-state index in [0.29, 0.717) is 23.4 Å². The van der Waals surface area contributed by atoms with E-state index in [9.17, 15) is 13.6 Å². The lowest BCUT2D eigenvalue weighted by molar-refractivity contribution is -0.0504. The Bertz CT molecular complexity index is 1180. The van der Waals surface area contributed by atoms with Gasteiger partial charge in [-0.25, -0.2) is 0 Å². The molecular weight excluding hydrogens is 412 g/mol. The summed E-state index contributed by atoms with van der Waals surface area (Å²) in [5.74, 6) is -0.319. The van der Waals surface area contributed by atoms with Gasteiger partial charge in [0.25, 0.3) is 5.91 Å². The third-order valence-electron chi connectivity index (χ3n) is 4.87. The SMILES string of the molecule is O=C(NCc1ccccc1OC(F)F)c1cn(Cc2ccccc2)nc1-c1ccccc1. The van der Waals surface area contributed by atoms with Crippen molar-refractivity contribution in [2.24, 2.45) is 0 Å². The first-order chi connectivity index (χ1) is 15.6. The molecule has 5 nitrogen and oxygen atoms in total. The van der Waals surface area contributed by atoms with Crippen LogP contribution in [-0.4, -0.2) is 22.3 Å². The summed E-state index contributed by atoms with van der Waals surface area (Å²) in [5, 5.41) is 7.44. The molecule has 0 fully saturated rings. The molecule has 0 saturated heterocycles. The highest BCUT2D eigenvalue weighted by Crippen LogP contribution is 2.24. The lowest BCUT2D eigenvalue weighted by Crippen LogP contribution is -2.23. The van der Waals surface area contributed by atoms with Crippen LogP contribution in [0.1, 0.15) is 21.5 Å². The monoisotopic (exact) mass is 433 g/mol. The average molecular weight is 433 g/mol. The molecule has 0 radical (unpaired) electrons.